The molecule has 0 heterocycles. The SMILES string of the molecule is CCCC(=O)Nc1ccc(Br)c(F)c1.Cl. The minimum absolute atomic E-state index is 0. The van der Waals surface area contributed by atoms with Crippen LogP contribution in [0.2, 0.25) is 0 Å². The smallest absolute Gasteiger partial charge is 0.224 e. The van der Waals surface area contributed by atoms with E-state index < -0.39 is 0 Å². The van der Waals surface area contributed by atoms with Crippen LogP contribution in [0.5, 0.6) is 0 Å². The Morgan fingerprint density at radius 2 is 2.20 bits per heavy atom. The molecule has 84 valence electrons. The Bertz CT molecular complexity index is 346. The summed E-state index contributed by atoms with van der Waals surface area (Å²) in [7, 11) is 0. The van der Waals surface area contributed by atoms with Gasteiger partial charge in [-0.15, -0.1) is 12.4 Å². The lowest BCUT2D eigenvalue weighted by molar-refractivity contribution is -0.116. The van der Waals surface area contributed by atoms with E-state index in [2.05, 4.69) is 21.2 Å². The lowest BCUT2D eigenvalue weighted by Gasteiger charge is -2.04. The first-order chi connectivity index (χ1) is 6.63. The number of hydrogen-bond donors (Lipinski definition) is 1. The molecular formula is C10H12BrClFNO. The number of carbonyl (C=O) groups excluding carboxylic acids is 1. The van der Waals surface area contributed by atoms with Crippen LogP contribution in [0.15, 0.2) is 22.7 Å². The maximum absolute atomic E-state index is 13.0. The number of rotatable bonds is 3. The van der Waals surface area contributed by atoms with Crippen molar-refractivity contribution in [2.24, 2.45) is 0 Å². The molecule has 1 rings (SSSR count). The van der Waals surface area contributed by atoms with E-state index in [1.54, 1.807) is 12.1 Å². The average molecular weight is 297 g/mol. The number of amides is 1. The monoisotopic (exact) mass is 295 g/mol. The van der Waals surface area contributed by atoms with E-state index in [1.807, 2.05) is 6.92 Å². The molecule has 1 N–H and O–H groups in total. The minimum Gasteiger partial charge on any atom is -0.326 e. The average Bonchev–Trinajstić information content (AvgIpc) is 2.12. The third-order valence-electron chi connectivity index (χ3n) is 1.68. The van der Waals surface area contributed by atoms with E-state index in [4.69, 9.17) is 0 Å². The second-order valence-electron chi connectivity index (χ2n) is 2.93. The molecule has 0 fully saturated rings. The quantitative estimate of drug-likeness (QED) is 0.904. The van der Waals surface area contributed by atoms with Gasteiger partial charge < -0.3 is 5.32 Å². The van der Waals surface area contributed by atoms with Crippen molar-refractivity contribution in [1.82, 2.24) is 0 Å². The van der Waals surface area contributed by atoms with Gasteiger partial charge in [-0.25, -0.2) is 4.39 Å². The molecule has 0 aliphatic heterocycles. The van der Waals surface area contributed by atoms with Gasteiger partial charge in [-0.3, -0.25) is 4.79 Å². The molecule has 15 heavy (non-hydrogen) atoms. The van der Waals surface area contributed by atoms with E-state index in [9.17, 15) is 9.18 Å². The van der Waals surface area contributed by atoms with E-state index in [-0.39, 0.29) is 24.1 Å². The van der Waals surface area contributed by atoms with Crippen LogP contribution in [-0.4, -0.2) is 5.91 Å². The topological polar surface area (TPSA) is 29.1 Å². The maximum atomic E-state index is 13.0. The van der Waals surface area contributed by atoms with E-state index >= 15 is 0 Å². The van der Waals surface area contributed by atoms with Gasteiger partial charge in [0.05, 0.1) is 4.47 Å². The largest absolute Gasteiger partial charge is 0.326 e. The highest BCUT2D eigenvalue weighted by Gasteiger charge is 2.03. The fraction of sp³-hybridized carbons (Fsp3) is 0.300. The van der Waals surface area contributed by atoms with E-state index in [0.29, 0.717) is 16.6 Å². The molecule has 0 saturated carbocycles. The van der Waals surface area contributed by atoms with Gasteiger partial charge in [0.2, 0.25) is 5.91 Å². The summed E-state index contributed by atoms with van der Waals surface area (Å²) in [5.41, 5.74) is 0.490. The predicted molar refractivity (Wildman–Crippen MR) is 64.9 cm³/mol. The number of carbonyl (C=O) groups is 1. The van der Waals surface area contributed by atoms with Crippen LogP contribution in [0.25, 0.3) is 0 Å². The molecule has 0 bridgehead atoms. The summed E-state index contributed by atoms with van der Waals surface area (Å²) >= 11 is 3.04. The van der Waals surface area contributed by atoms with Gasteiger partial charge in [0.1, 0.15) is 5.82 Å². The zero-order valence-corrected chi connectivity index (χ0v) is 10.6. The molecule has 0 spiro atoms. The van der Waals surface area contributed by atoms with Gasteiger partial charge in [-0.05, 0) is 40.5 Å². The van der Waals surface area contributed by atoms with Crippen molar-refractivity contribution in [2.75, 3.05) is 5.32 Å². The van der Waals surface area contributed by atoms with Crippen molar-refractivity contribution in [2.45, 2.75) is 19.8 Å². The van der Waals surface area contributed by atoms with Gasteiger partial charge >= 0.3 is 0 Å². The molecule has 1 aromatic carbocycles. The summed E-state index contributed by atoms with van der Waals surface area (Å²) in [5.74, 6) is -0.464. The van der Waals surface area contributed by atoms with Gasteiger partial charge in [0, 0.05) is 12.1 Å². The summed E-state index contributed by atoms with van der Waals surface area (Å²) in [6.07, 6.45) is 1.24. The fourth-order valence-electron chi connectivity index (χ4n) is 1.02. The molecule has 5 heteroatoms. The van der Waals surface area contributed by atoms with Crippen molar-refractivity contribution in [3.8, 4) is 0 Å². The molecule has 0 aromatic heterocycles. The predicted octanol–water partition coefficient (Wildman–Crippen LogP) is 3.75. The Balaban J connectivity index is 0.00000196. The third kappa shape index (κ3) is 4.62. The van der Waals surface area contributed by atoms with Crippen molar-refractivity contribution < 1.29 is 9.18 Å². The summed E-state index contributed by atoms with van der Waals surface area (Å²) in [6, 6.07) is 4.51. The Labute approximate surface area is 103 Å². The first-order valence-electron chi connectivity index (χ1n) is 4.38. The van der Waals surface area contributed by atoms with Gasteiger partial charge in [0.25, 0.3) is 0 Å². The molecule has 1 amide bonds. The summed E-state index contributed by atoms with van der Waals surface area (Å²) < 4.78 is 13.4. The molecule has 0 saturated heterocycles. The molecule has 0 unspecified atom stereocenters. The first-order valence-corrected chi connectivity index (χ1v) is 5.17. The fourth-order valence-corrected chi connectivity index (χ4v) is 1.27. The Kier molecular flexibility index (Phi) is 6.52. The molecule has 1 aromatic rings. The Morgan fingerprint density at radius 1 is 1.53 bits per heavy atom. The van der Waals surface area contributed by atoms with Crippen LogP contribution in [0.4, 0.5) is 10.1 Å². The second kappa shape index (κ2) is 6.80. The zero-order valence-electron chi connectivity index (χ0n) is 8.22. The molecule has 0 aliphatic rings. The number of halogens is 3. The van der Waals surface area contributed by atoms with Crippen LogP contribution in [0.3, 0.4) is 0 Å². The number of anilines is 1. The van der Waals surface area contributed by atoms with Gasteiger partial charge in [-0.2, -0.15) is 0 Å². The summed E-state index contributed by atoms with van der Waals surface area (Å²) in [4.78, 5) is 11.2. The lowest BCUT2D eigenvalue weighted by atomic mass is 10.3. The highest BCUT2D eigenvalue weighted by molar-refractivity contribution is 9.10. The standard InChI is InChI=1S/C10H11BrFNO.ClH/c1-2-3-10(14)13-7-4-5-8(11)9(12)6-7;/h4-6H,2-3H2,1H3,(H,13,14);1H. The van der Waals surface area contributed by atoms with Crippen LogP contribution >= 0.6 is 28.3 Å². The number of nitrogens with one attached hydrogen (secondary N) is 1. The first kappa shape index (κ1) is 14.4. The van der Waals surface area contributed by atoms with E-state index in [0.717, 1.165) is 6.42 Å². The van der Waals surface area contributed by atoms with Gasteiger partial charge in [-0.1, -0.05) is 6.92 Å². The third-order valence-corrected chi connectivity index (χ3v) is 2.32. The molecule has 0 radical (unpaired) electrons. The number of benzene rings is 1. The van der Waals surface area contributed by atoms with Crippen molar-refractivity contribution >= 4 is 39.9 Å². The summed E-state index contributed by atoms with van der Waals surface area (Å²) in [5, 5.41) is 2.61. The van der Waals surface area contributed by atoms with Crippen LogP contribution in [0, 0.1) is 5.82 Å². The van der Waals surface area contributed by atoms with Crippen molar-refractivity contribution in [1.29, 1.82) is 0 Å². The Morgan fingerprint density at radius 3 is 2.73 bits per heavy atom. The lowest BCUT2D eigenvalue weighted by Crippen LogP contribution is -2.10. The maximum Gasteiger partial charge on any atom is 0.224 e. The molecule has 0 atom stereocenters. The normalized spacial score (nSPS) is 9.27. The zero-order chi connectivity index (χ0) is 10.6. The van der Waals surface area contributed by atoms with Crippen LogP contribution < -0.4 is 5.32 Å². The summed E-state index contributed by atoms with van der Waals surface area (Å²) in [6.45, 7) is 1.92. The van der Waals surface area contributed by atoms with Crippen LogP contribution in [0.1, 0.15) is 19.8 Å². The molecule has 0 aliphatic carbocycles. The highest BCUT2D eigenvalue weighted by Crippen LogP contribution is 2.19. The van der Waals surface area contributed by atoms with Crippen molar-refractivity contribution in [3.63, 3.8) is 0 Å². The van der Waals surface area contributed by atoms with Gasteiger partial charge in [0.15, 0.2) is 0 Å². The van der Waals surface area contributed by atoms with Crippen molar-refractivity contribution in [3.05, 3.63) is 28.5 Å². The highest BCUT2D eigenvalue weighted by atomic mass is 79.9. The Hall–Kier alpha value is -0.610. The van der Waals surface area contributed by atoms with E-state index in [1.165, 1.54) is 6.07 Å². The molecule has 2 nitrogen and oxygen atoms in total. The minimum atomic E-state index is -0.376. The molecular weight excluding hydrogens is 284 g/mol. The number of hydrogen-bond acceptors (Lipinski definition) is 1. The van der Waals surface area contributed by atoms with Crippen LogP contribution in [-0.2, 0) is 4.79 Å². The second-order valence-corrected chi connectivity index (χ2v) is 3.78.